The smallest absolute Gasteiger partial charge is 0.120 e. The molecule has 0 unspecified atom stereocenters. The molecule has 120 valence electrons. The normalized spacial score (nSPS) is 19.3. The molecule has 1 atom stereocenters. The van der Waals surface area contributed by atoms with Gasteiger partial charge in [0.1, 0.15) is 11.4 Å². The number of nitrogens with one attached hydrogen (secondary N) is 2. The van der Waals surface area contributed by atoms with E-state index in [9.17, 15) is 0 Å². The highest BCUT2D eigenvalue weighted by Gasteiger charge is 2.13. The highest BCUT2D eigenvalue weighted by atomic mass is 16.5. The average Bonchev–Trinajstić information content (AvgIpc) is 3.16. The number of hydrogen-bond acceptors (Lipinski definition) is 4. The van der Waals surface area contributed by atoms with E-state index in [-0.39, 0.29) is 6.10 Å². The van der Waals surface area contributed by atoms with E-state index in [0.29, 0.717) is 0 Å². The van der Waals surface area contributed by atoms with Crippen LogP contribution in [0.5, 0.6) is 5.75 Å². The van der Waals surface area contributed by atoms with E-state index in [1.807, 2.05) is 23.0 Å². The molecule has 2 N–H and O–H groups in total. The topological polar surface area (TPSA) is 67.8 Å². The summed E-state index contributed by atoms with van der Waals surface area (Å²) in [7, 11) is 0. The molecule has 0 saturated carbocycles. The fourth-order valence-electron chi connectivity index (χ4n) is 2.98. The maximum absolute atomic E-state index is 6.05. The Hall–Kier alpha value is -2.34. The Morgan fingerprint density at radius 3 is 3.22 bits per heavy atom. The number of aromatic nitrogens is 4. The van der Waals surface area contributed by atoms with Crippen LogP contribution in [0.4, 0.5) is 0 Å². The van der Waals surface area contributed by atoms with Crippen LogP contribution in [-0.2, 0) is 6.54 Å². The first-order valence-electron chi connectivity index (χ1n) is 8.18. The SMILES string of the molecule is C[C@H]1CCNCCCn2cc(cn2)-c2n[nH]c3ccc(cc23)O1. The molecule has 3 heterocycles. The number of ether oxygens (including phenoxy) is 1. The fourth-order valence-corrected chi connectivity index (χ4v) is 2.98. The van der Waals surface area contributed by atoms with Gasteiger partial charge in [0, 0.05) is 23.7 Å². The van der Waals surface area contributed by atoms with Crippen molar-refractivity contribution in [2.45, 2.75) is 32.4 Å². The van der Waals surface area contributed by atoms with Gasteiger partial charge in [-0.05, 0) is 51.1 Å². The van der Waals surface area contributed by atoms with Crippen molar-refractivity contribution >= 4 is 10.9 Å². The lowest BCUT2D eigenvalue weighted by atomic mass is 10.1. The number of fused-ring (bicyclic) bond motifs is 4. The third kappa shape index (κ3) is 2.94. The summed E-state index contributed by atoms with van der Waals surface area (Å²) in [5, 5.41) is 16.5. The first kappa shape index (κ1) is 14.3. The van der Waals surface area contributed by atoms with Crippen LogP contribution in [0.2, 0.25) is 0 Å². The minimum atomic E-state index is 0.182. The van der Waals surface area contributed by atoms with Crippen LogP contribution < -0.4 is 10.1 Å². The van der Waals surface area contributed by atoms with Gasteiger partial charge in [0.05, 0.1) is 17.8 Å². The Morgan fingerprint density at radius 2 is 2.26 bits per heavy atom. The molecule has 1 aliphatic heterocycles. The van der Waals surface area contributed by atoms with Gasteiger partial charge < -0.3 is 10.1 Å². The molecule has 1 aliphatic rings. The first-order valence-corrected chi connectivity index (χ1v) is 8.18. The first-order chi connectivity index (χ1) is 11.3. The van der Waals surface area contributed by atoms with Crippen LogP contribution in [0, 0.1) is 0 Å². The standard InChI is InChI=1S/C17H21N5O/c1-12-5-7-18-6-2-8-22-11-13(10-19-22)17-15-9-14(23-12)3-4-16(15)20-21-17/h3-4,9-12,18H,2,5-8H2,1H3,(H,20,21)/t12-/m0/s1. The Morgan fingerprint density at radius 1 is 1.30 bits per heavy atom. The second kappa shape index (κ2) is 6.04. The molecule has 0 spiro atoms. The van der Waals surface area contributed by atoms with Crippen LogP contribution in [0.15, 0.2) is 30.6 Å². The van der Waals surface area contributed by atoms with Gasteiger partial charge in [-0.1, -0.05) is 0 Å². The Labute approximate surface area is 134 Å². The van der Waals surface area contributed by atoms with Gasteiger partial charge in [-0.15, -0.1) is 0 Å². The second-order valence-corrected chi connectivity index (χ2v) is 6.09. The molecular weight excluding hydrogens is 290 g/mol. The zero-order chi connectivity index (χ0) is 15.6. The van der Waals surface area contributed by atoms with E-state index in [1.165, 1.54) is 0 Å². The molecule has 3 aromatic rings. The Bertz CT molecular complexity index is 806. The van der Waals surface area contributed by atoms with Crippen LogP contribution in [0.3, 0.4) is 0 Å². The molecule has 6 heteroatoms. The largest absolute Gasteiger partial charge is 0.491 e. The molecule has 2 aromatic heterocycles. The molecule has 4 rings (SSSR count). The minimum absolute atomic E-state index is 0.182. The number of rotatable bonds is 0. The van der Waals surface area contributed by atoms with Crippen molar-refractivity contribution in [1.82, 2.24) is 25.3 Å². The number of aryl methyl sites for hydroxylation is 1. The molecule has 1 aromatic carbocycles. The highest BCUT2D eigenvalue weighted by molar-refractivity contribution is 5.93. The maximum Gasteiger partial charge on any atom is 0.120 e. The number of H-pyrrole nitrogens is 1. The summed E-state index contributed by atoms with van der Waals surface area (Å²) in [6, 6.07) is 6.08. The number of benzene rings is 1. The average molecular weight is 311 g/mol. The Kier molecular flexibility index (Phi) is 3.75. The molecule has 0 aliphatic carbocycles. The van der Waals surface area contributed by atoms with Crippen molar-refractivity contribution in [1.29, 1.82) is 0 Å². The number of hydrogen-bond donors (Lipinski definition) is 2. The van der Waals surface area contributed by atoms with Crippen molar-refractivity contribution in [3.8, 4) is 17.0 Å². The van der Waals surface area contributed by atoms with Crippen LogP contribution >= 0.6 is 0 Å². The van der Waals surface area contributed by atoms with Crippen LogP contribution in [0.25, 0.3) is 22.2 Å². The van der Waals surface area contributed by atoms with Gasteiger partial charge in [0.2, 0.25) is 0 Å². The summed E-state index contributed by atoms with van der Waals surface area (Å²) in [6.07, 6.45) is 6.17. The molecule has 0 saturated heterocycles. The molecule has 4 bridgehead atoms. The molecular formula is C17H21N5O. The molecule has 0 radical (unpaired) electrons. The van der Waals surface area contributed by atoms with Crippen LogP contribution in [-0.4, -0.2) is 39.2 Å². The highest BCUT2D eigenvalue weighted by Crippen LogP contribution is 2.29. The lowest BCUT2D eigenvalue weighted by Crippen LogP contribution is -2.23. The van der Waals surface area contributed by atoms with Crippen molar-refractivity contribution in [3.05, 3.63) is 30.6 Å². The quantitative estimate of drug-likeness (QED) is 0.669. The summed E-state index contributed by atoms with van der Waals surface area (Å²) in [6.45, 7) is 4.97. The summed E-state index contributed by atoms with van der Waals surface area (Å²) in [4.78, 5) is 0. The monoisotopic (exact) mass is 311 g/mol. The summed E-state index contributed by atoms with van der Waals surface area (Å²) < 4.78 is 8.04. The minimum Gasteiger partial charge on any atom is -0.491 e. The van der Waals surface area contributed by atoms with Gasteiger partial charge in [0.25, 0.3) is 0 Å². The predicted molar refractivity (Wildman–Crippen MR) is 89.5 cm³/mol. The van der Waals surface area contributed by atoms with E-state index >= 15 is 0 Å². The summed E-state index contributed by atoms with van der Waals surface area (Å²) in [5.41, 5.74) is 2.97. The number of aromatic amines is 1. The van der Waals surface area contributed by atoms with E-state index < -0.39 is 0 Å². The number of nitrogens with zero attached hydrogens (tertiary/aromatic N) is 3. The second-order valence-electron chi connectivity index (χ2n) is 6.09. The fraction of sp³-hybridized carbons (Fsp3) is 0.412. The third-order valence-corrected chi connectivity index (χ3v) is 4.25. The van der Waals surface area contributed by atoms with Gasteiger partial charge in [-0.3, -0.25) is 9.78 Å². The lowest BCUT2D eigenvalue weighted by Gasteiger charge is -2.15. The lowest BCUT2D eigenvalue weighted by molar-refractivity contribution is 0.210. The zero-order valence-electron chi connectivity index (χ0n) is 13.2. The summed E-state index contributed by atoms with van der Waals surface area (Å²) in [5.74, 6) is 0.884. The van der Waals surface area contributed by atoms with Gasteiger partial charge in [-0.2, -0.15) is 10.2 Å². The molecule has 0 fully saturated rings. The van der Waals surface area contributed by atoms with E-state index in [1.54, 1.807) is 0 Å². The van der Waals surface area contributed by atoms with Gasteiger partial charge >= 0.3 is 0 Å². The Balaban J connectivity index is 1.76. The predicted octanol–water partition coefficient (Wildman–Crippen LogP) is 2.58. The van der Waals surface area contributed by atoms with E-state index in [4.69, 9.17) is 4.74 Å². The third-order valence-electron chi connectivity index (χ3n) is 4.25. The zero-order valence-corrected chi connectivity index (χ0v) is 13.2. The molecule has 0 amide bonds. The molecule has 23 heavy (non-hydrogen) atoms. The van der Waals surface area contributed by atoms with Crippen LogP contribution in [0.1, 0.15) is 19.8 Å². The molecule has 6 nitrogen and oxygen atoms in total. The van der Waals surface area contributed by atoms with Crippen molar-refractivity contribution < 1.29 is 4.74 Å². The van der Waals surface area contributed by atoms with Gasteiger partial charge in [-0.25, -0.2) is 0 Å². The van der Waals surface area contributed by atoms with Crippen molar-refractivity contribution in [2.75, 3.05) is 13.1 Å². The maximum atomic E-state index is 6.05. The summed E-state index contributed by atoms with van der Waals surface area (Å²) >= 11 is 0. The van der Waals surface area contributed by atoms with E-state index in [0.717, 1.165) is 60.4 Å². The van der Waals surface area contributed by atoms with Crippen molar-refractivity contribution in [2.24, 2.45) is 0 Å². The van der Waals surface area contributed by atoms with E-state index in [2.05, 4.69) is 39.8 Å². The van der Waals surface area contributed by atoms with Crippen molar-refractivity contribution in [3.63, 3.8) is 0 Å². The van der Waals surface area contributed by atoms with Gasteiger partial charge in [0.15, 0.2) is 0 Å².